The van der Waals surface area contributed by atoms with E-state index in [4.69, 9.17) is 0 Å². The molecule has 9 rings (SSSR count). The van der Waals surface area contributed by atoms with E-state index in [2.05, 4.69) is 81.1 Å². The zero-order valence-electron chi connectivity index (χ0n) is 36.4. The summed E-state index contributed by atoms with van der Waals surface area (Å²) >= 11 is 0. The molecule has 4 aliphatic heterocycles. The highest BCUT2D eigenvalue weighted by molar-refractivity contribution is 6.20. The number of anilines is 1. The molecule has 13 heteroatoms. The highest BCUT2D eigenvalue weighted by Crippen LogP contribution is 2.46. The molecule has 0 bridgehead atoms. The molecule has 1 atom stereocenters. The summed E-state index contributed by atoms with van der Waals surface area (Å²) in [5.41, 5.74) is 8.96. The predicted molar refractivity (Wildman–Crippen MR) is 239 cm³/mol. The molecule has 1 aromatic heterocycles. The molecule has 5 aliphatic rings. The standard InChI is InChI=1S/C50H54N8O5/c1-4-32-26-37-39(50(2,3)47-45(46(37)61)36-13-12-31(28-51)25-40(36)53-47)27-42(32)57-19-16-34(17-20-57)56-23-21-55(22-24-56)30-44(60)52-18-7-5-6-9-33-10-8-11-35-38(33)29-58(49(35)63)41-14-15-43(59)54-48(41)62/h8,10-13,25-27,34,41,53H,4-5,7,14-24,29-30H2,1-3H3,(H,52,60)(H,54,59,62). The molecule has 4 aromatic rings. The van der Waals surface area contributed by atoms with Crippen molar-refractivity contribution in [1.29, 1.82) is 5.26 Å². The molecule has 0 radical (unpaired) electrons. The number of H-pyrrole nitrogens is 1. The van der Waals surface area contributed by atoms with Crippen LogP contribution in [0.2, 0.25) is 0 Å². The van der Waals surface area contributed by atoms with Crippen LogP contribution in [0.4, 0.5) is 5.69 Å². The molecule has 1 aliphatic carbocycles. The summed E-state index contributed by atoms with van der Waals surface area (Å²) in [5, 5.41) is 15.8. The second-order valence-electron chi connectivity index (χ2n) is 18.1. The molecule has 5 heterocycles. The first-order valence-electron chi connectivity index (χ1n) is 22.5. The molecule has 324 valence electrons. The number of nitrogens with zero attached hydrogens (tertiary/aromatic N) is 5. The summed E-state index contributed by atoms with van der Waals surface area (Å²) in [7, 11) is 0. The van der Waals surface area contributed by atoms with Gasteiger partial charge in [-0.25, -0.2) is 0 Å². The van der Waals surface area contributed by atoms with Crippen LogP contribution < -0.4 is 15.5 Å². The van der Waals surface area contributed by atoms with Crippen molar-refractivity contribution in [2.45, 2.75) is 89.8 Å². The summed E-state index contributed by atoms with van der Waals surface area (Å²) in [6.07, 6.45) is 4.79. The van der Waals surface area contributed by atoms with Gasteiger partial charge >= 0.3 is 0 Å². The van der Waals surface area contributed by atoms with Gasteiger partial charge < -0.3 is 20.1 Å². The van der Waals surface area contributed by atoms with Gasteiger partial charge in [-0.1, -0.05) is 44.7 Å². The van der Waals surface area contributed by atoms with Crippen LogP contribution in [0.3, 0.4) is 0 Å². The molecule has 1 unspecified atom stereocenters. The van der Waals surface area contributed by atoms with Crippen LogP contribution in [0.15, 0.2) is 48.5 Å². The third kappa shape index (κ3) is 7.89. The lowest BCUT2D eigenvalue weighted by Crippen LogP contribution is -2.54. The molecule has 3 fully saturated rings. The van der Waals surface area contributed by atoms with Crippen molar-refractivity contribution in [2.24, 2.45) is 0 Å². The Balaban J connectivity index is 0.727. The quantitative estimate of drug-likeness (QED) is 0.123. The Morgan fingerprint density at radius 3 is 2.49 bits per heavy atom. The third-order valence-electron chi connectivity index (χ3n) is 14.0. The molecule has 13 nitrogen and oxygen atoms in total. The van der Waals surface area contributed by atoms with Crippen molar-refractivity contribution in [1.82, 2.24) is 30.3 Å². The topological polar surface area (TPSA) is 162 Å². The summed E-state index contributed by atoms with van der Waals surface area (Å²) in [6.45, 7) is 13.2. The number of carbonyl (C=O) groups excluding carboxylic acids is 5. The minimum absolute atomic E-state index is 0.0215. The van der Waals surface area contributed by atoms with Gasteiger partial charge in [0, 0.05) is 116 Å². The van der Waals surface area contributed by atoms with Crippen LogP contribution in [0.5, 0.6) is 0 Å². The zero-order valence-corrected chi connectivity index (χ0v) is 36.4. The van der Waals surface area contributed by atoms with Gasteiger partial charge in [0.25, 0.3) is 5.91 Å². The fourth-order valence-corrected chi connectivity index (χ4v) is 10.4. The number of hydrogen-bond acceptors (Lipinski definition) is 9. The van der Waals surface area contributed by atoms with E-state index >= 15 is 0 Å². The normalized spacial score (nSPS) is 20.1. The summed E-state index contributed by atoms with van der Waals surface area (Å²) in [6, 6.07) is 17.4. The zero-order chi connectivity index (χ0) is 44.0. The SMILES string of the molecule is CCc1cc2c(cc1N1CCC(N3CCN(CC(=O)NCCCC#Cc4cccc5c4CN(C4CCC(=O)NC4=O)C5=O)CC3)CC1)C(C)(C)c1[nH]c3cc(C#N)ccc3c1C2=O. The number of amides is 4. The van der Waals surface area contributed by atoms with Crippen molar-refractivity contribution in [2.75, 3.05) is 57.3 Å². The fourth-order valence-electron chi connectivity index (χ4n) is 10.4. The van der Waals surface area contributed by atoms with Gasteiger partial charge in [-0.05, 0) is 85.2 Å². The first-order valence-corrected chi connectivity index (χ1v) is 22.5. The van der Waals surface area contributed by atoms with Crippen LogP contribution in [-0.4, -0.2) is 114 Å². The van der Waals surface area contributed by atoms with Gasteiger partial charge in [0.2, 0.25) is 17.7 Å². The minimum atomic E-state index is -0.661. The summed E-state index contributed by atoms with van der Waals surface area (Å²) < 4.78 is 0. The Labute approximate surface area is 368 Å². The first kappa shape index (κ1) is 42.0. The number of fused-ring (bicyclic) bond motifs is 5. The molecule has 4 amide bonds. The van der Waals surface area contributed by atoms with E-state index in [9.17, 15) is 29.2 Å². The van der Waals surface area contributed by atoms with E-state index in [1.807, 2.05) is 18.2 Å². The van der Waals surface area contributed by atoms with E-state index in [0.29, 0.717) is 49.5 Å². The number of nitrogens with one attached hydrogen (secondary N) is 3. The lowest BCUT2D eigenvalue weighted by atomic mass is 9.70. The maximum absolute atomic E-state index is 14.1. The number of carbonyl (C=O) groups is 5. The number of ketones is 1. The lowest BCUT2D eigenvalue weighted by Gasteiger charge is -2.44. The van der Waals surface area contributed by atoms with Crippen LogP contribution in [0.1, 0.15) is 119 Å². The van der Waals surface area contributed by atoms with Crippen molar-refractivity contribution >= 4 is 46.0 Å². The Kier molecular flexibility index (Phi) is 11.4. The van der Waals surface area contributed by atoms with Crippen molar-refractivity contribution in [3.05, 3.63) is 98.7 Å². The maximum atomic E-state index is 14.1. The van der Waals surface area contributed by atoms with Gasteiger partial charge in [-0.15, -0.1) is 0 Å². The van der Waals surface area contributed by atoms with Crippen LogP contribution in [0.25, 0.3) is 10.9 Å². The number of aromatic nitrogens is 1. The van der Waals surface area contributed by atoms with Gasteiger partial charge in [-0.2, -0.15) is 5.26 Å². The number of piperidine rings is 2. The average Bonchev–Trinajstić information content (AvgIpc) is 3.85. The number of imide groups is 1. The van der Waals surface area contributed by atoms with E-state index in [1.165, 1.54) is 16.2 Å². The van der Waals surface area contributed by atoms with Gasteiger partial charge in [0.1, 0.15) is 6.04 Å². The van der Waals surface area contributed by atoms with Gasteiger partial charge in [-0.3, -0.25) is 39.1 Å². The largest absolute Gasteiger partial charge is 0.371 e. The molecular weight excluding hydrogens is 793 g/mol. The van der Waals surface area contributed by atoms with Crippen LogP contribution in [0, 0.1) is 23.2 Å². The van der Waals surface area contributed by atoms with Crippen molar-refractivity contribution < 1.29 is 24.0 Å². The Hall–Kier alpha value is -6.28. The third-order valence-corrected chi connectivity index (χ3v) is 14.0. The van der Waals surface area contributed by atoms with Crippen molar-refractivity contribution in [3.8, 4) is 17.9 Å². The van der Waals surface area contributed by atoms with Crippen molar-refractivity contribution in [3.63, 3.8) is 0 Å². The van der Waals surface area contributed by atoms with E-state index < -0.39 is 17.4 Å². The Bertz CT molecular complexity index is 2650. The highest BCUT2D eigenvalue weighted by Gasteiger charge is 2.42. The number of rotatable bonds is 9. The molecule has 3 aromatic carbocycles. The lowest BCUT2D eigenvalue weighted by molar-refractivity contribution is -0.137. The molecular formula is C50H54N8O5. The monoisotopic (exact) mass is 846 g/mol. The van der Waals surface area contributed by atoms with Crippen LogP contribution >= 0.6 is 0 Å². The smallest absolute Gasteiger partial charge is 0.255 e. The van der Waals surface area contributed by atoms with E-state index in [1.54, 1.807) is 18.2 Å². The maximum Gasteiger partial charge on any atom is 0.255 e. The highest BCUT2D eigenvalue weighted by atomic mass is 16.2. The Morgan fingerprint density at radius 2 is 1.75 bits per heavy atom. The number of hydrogen-bond donors (Lipinski definition) is 3. The van der Waals surface area contributed by atoms with Gasteiger partial charge in [0.15, 0.2) is 5.78 Å². The van der Waals surface area contributed by atoms with E-state index in [0.717, 1.165) is 103 Å². The predicted octanol–water partition coefficient (Wildman–Crippen LogP) is 4.77. The number of nitriles is 1. The Morgan fingerprint density at radius 1 is 0.952 bits per heavy atom. The average molecular weight is 847 g/mol. The van der Waals surface area contributed by atoms with Crippen LogP contribution in [-0.2, 0) is 32.8 Å². The molecule has 0 saturated carbocycles. The van der Waals surface area contributed by atoms with Gasteiger partial charge in [0.05, 0.1) is 23.7 Å². The minimum Gasteiger partial charge on any atom is -0.371 e. The number of aryl methyl sites for hydroxylation is 1. The molecule has 3 saturated heterocycles. The summed E-state index contributed by atoms with van der Waals surface area (Å²) in [5.74, 6) is 5.51. The van der Waals surface area contributed by atoms with E-state index in [-0.39, 0.29) is 36.5 Å². The number of piperazine rings is 1. The fraction of sp³-hybridized carbons (Fsp3) is 0.440. The molecule has 3 N–H and O–H groups in total. The second-order valence-corrected chi connectivity index (χ2v) is 18.1. The summed E-state index contributed by atoms with van der Waals surface area (Å²) in [4.78, 5) is 76.6. The molecule has 63 heavy (non-hydrogen) atoms. The number of unbranched alkanes of at least 4 members (excludes halogenated alkanes) is 1. The number of benzene rings is 3. The number of aromatic amines is 1. The molecule has 0 spiro atoms. The second kappa shape index (κ2) is 17.1. The first-order chi connectivity index (χ1) is 30.4.